The highest BCUT2D eigenvalue weighted by molar-refractivity contribution is 7.93. The SMILES string of the molecule is C/C=C(\C)CNC(=O)/C(=C(\Cl)CCC)N(C)N.C/C=C(\CC)C(C)(C)C.CC.CSF. The van der Waals surface area contributed by atoms with Crippen molar-refractivity contribution < 1.29 is 8.68 Å². The zero-order valence-electron chi connectivity index (χ0n) is 22.1. The Morgan fingerprint density at radius 2 is 1.65 bits per heavy atom. The van der Waals surface area contributed by atoms with Gasteiger partial charge >= 0.3 is 0 Å². The van der Waals surface area contributed by atoms with Gasteiger partial charge in [0.05, 0.1) is 0 Å². The van der Waals surface area contributed by atoms with Crippen molar-refractivity contribution in [2.75, 3.05) is 19.8 Å². The standard InChI is InChI=1S/C12H22ClN3O.C9H18.C2H6.CH3FS/c1-5-7-10(13)11(16(4)14)12(17)15-8-9(3)6-2;1-6-8(7-2)9(3,4)5;1-2;1-3-2/h6H,5,7-8,14H2,1-4H3,(H,15,17);6H,7H2,1-5H3;1-2H3;1H3/b9-6+,11-10+;8-6+;;. The van der Waals surface area contributed by atoms with Gasteiger partial charge in [0.15, 0.2) is 0 Å². The molecule has 0 aliphatic heterocycles. The van der Waals surface area contributed by atoms with Crippen molar-refractivity contribution in [1.29, 1.82) is 0 Å². The highest BCUT2D eigenvalue weighted by Crippen LogP contribution is 2.26. The molecule has 0 aromatic carbocycles. The first-order chi connectivity index (χ1) is 14.4. The molecule has 0 aromatic heterocycles. The van der Waals surface area contributed by atoms with Crippen LogP contribution in [0.15, 0.2) is 34.0 Å². The molecule has 3 N–H and O–H groups in total. The molecule has 0 saturated heterocycles. The molecule has 0 rings (SSSR count). The molecular formula is C24H49ClFN3OS. The van der Waals surface area contributed by atoms with Gasteiger partial charge in [-0.25, -0.2) is 5.84 Å². The number of allylic oxidation sites excluding steroid dienone is 4. The van der Waals surface area contributed by atoms with E-state index in [0.717, 1.165) is 12.0 Å². The second kappa shape index (κ2) is 23.7. The molecule has 0 fully saturated rings. The van der Waals surface area contributed by atoms with Crippen molar-refractivity contribution in [3.8, 4) is 0 Å². The summed E-state index contributed by atoms with van der Waals surface area (Å²) in [5.41, 5.74) is 3.34. The number of likely N-dealkylation sites (N-methyl/N-ethyl adjacent to an activating group) is 1. The molecule has 0 unspecified atom stereocenters. The van der Waals surface area contributed by atoms with Crippen LogP contribution in [0.2, 0.25) is 0 Å². The molecular weight excluding hydrogens is 433 g/mol. The molecule has 186 valence electrons. The molecule has 0 bridgehead atoms. The van der Waals surface area contributed by atoms with Crippen LogP contribution in [0.4, 0.5) is 3.89 Å². The van der Waals surface area contributed by atoms with Gasteiger partial charge in [0, 0.05) is 37.0 Å². The lowest BCUT2D eigenvalue weighted by atomic mass is 9.85. The van der Waals surface area contributed by atoms with Crippen LogP contribution in [-0.4, -0.2) is 30.8 Å². The lowest BCUT2D eigenvalue weighted by molar-refractivity contribution is -0.118. The number of hydrazine groups is 1. The minimum absolute atomic E-state index is 0.241. The molecule has 0 saturated carbocycles. The summed E-state index contributed by atoms with van der Waals surface area (Å²) in [6, 6.07) is 0. The van der Waals surface area contributed by atoms with Gasteiger partial charge in [-0.1, -0.05) is 89.8 Å². The van der Waals surface area contributed by atoms with Crippen molar-refractivity contribution in [3.63, 3.8) is 0 Å². The number of nitrogens with one attached hydrogen (secondary N) is 1. The summed E-state index contributed by atoms with van der Waals surface area (Å²) in [4.78, 5) is 11.9. The number of nitrogens with zero attached hydrogens (tertiary/aromatic N) is 1. The van der Waals surface area contributed by atoms with Crippen LogP contribution in [0.1, 0.15) is 88.5 Å². The molecule has 4 nitrogen and oxygen atoms in total. The fraction of sp³-hybridized carbons (Fsp3) is 0.708. The first-order valence-electron chi connectivity index (χ1n) is 10.9. The van der Waals surface area contributed by atoms with Crippen molar-refractivity contribution in [3.05, 3.63) is 34.0 Å². The Kier molecular flexibility index (Phi) is 28.5. The van der Waals surface area contributed by atoms with Crippen LogP contribution < -0.4 is 11.2 Å². The fourth-order valence-electron chi connectivity index (χ4n) is 2.39. The van der Waals surface area contributed by atoms with Gasteiger partial charge in [-0.15, -0.1) is 0 Å². The Balaban J connectivity index is -0.000000218. The number of carbonyl (C=O) groups excluding carboxylic acids is 1. The first-order valence-corrected chi connectivity index (χ1v) is 12.4. The number of amides is 1. The summed E-state index contributed by atoms with van der Waals surface area (Å²) < 4.78 is 10.2. The number of carbonyl (C=O) groups is 1. The summed E-state index contributed by atoms with van der Waals surface area (Å²) in [6.45, 7) is 21.5. The van der Waals surface area contributed by atoms with E-state index in [4.69, 9.17) is 17.4 Å². The summed E-state index contributed by atoms with van der Waals surface area (Å²) >= 11 is 6.32. The highest BCUT2D eigenvalue weighted by Gasteiger charge is 2.16. The van der Waals surface area contributed by atoms with Crippen LogP contribution in [0.5, 0.6) is 0 Å². The predicted molar refractivity (Wildman–Crippen MR) is 142 cm³/mol. The monoisotopic (exact) mass is 481 g/mol. The Morgan fingerprint density at radius 1 is 1.19 bits per heavy atom. The summed E-state index contributed by atoms with van der Waals surface area (Å²) in [6.07, 6.45) is 8.25. The zero-order chi connectivity index (χ0) is 25.6. The molecule has 31 heavy (non-hydrogen) atoms. The molecule has 7 heteroatoms. The number of nitrogens with two attached hydrogens (primary N) is 1. The maximum atomic E-state index is 11.9. The maximum absolute atomic E-state index is 11.9. The Hall–Kier alpha value is -0.980. The summed E-state index contributed by atoms with van der Waals surface area (Å²) in [5, 5.41) is 4.54. The van der Waals surface area contributed by atoms with Gasteiger partial charge in [-0.05, 0) is 39.0 Å². The number of hydrogen-bond acceptors (Lipinski definition) is 4. The average molecular weight is 482 g/mol. The van der Waals surface area contributed by atoms with E-state index in [9.17, 15) is 8.68 Å². The average Bonchev–Trinajstić information content (AvgIpc) is 2.68. The largest absolute Gasteiger partial charge is 0.347 e. The van der Waals surface area contributed by atoms with Gasteiger partial charge in [0.2, 0.25) is 0 Å². The van der Waals surface area contributed by atoms with Crippen LogP contribution in [0.3, 0.4) is 0 Å². The van der Waals surface area contributed by atoms with E-state index in [1.165, 1.54) is 17.7 Å². The topological polar surface area (TPSA) is 58.4 Å². The molecule has 0 atom stereocenters. The first kappa shape index (κ1) is 37.3. The van der Waals surface area contributed by atoms with Crippen LogP contribution >= 0.6 is 23.7 Å². The molecule has 0 aliphatic rings. The molecule has 0 aromatic rings. The van der Waals surface area contributed by atoms with E-state index in [1.54, 1.807) is 12.6 Å². The quantitative estimate of drug-likeness (QED) is 0.169. The van der Waals surface area contributed by atoms with Gasteiger partial charge in [0.25, 0.3) is 5.91 Å². The van der Waals surface area contributed by atoms with Crippen LogP contribution in [0.25, 0.3) is 0 Å². The number of halogens is 2. The minimum Gasteiger partial charge on any atom is -0.347 e. The van der Waals surface area contributed by atoms with Crippen LogP contribution in [0, 0.1) is 5.41 Å². The smallest absolute Gasteiger partial charge is 0.270 e. The minimum atomic E-state index is -0.241. The van der Waals surface area contributed by atoms with Crippen molar-refractivity contribution in [2.24, 2.45) is 11.3 Å². The van der Waals surface area contributed by atoms with E-state index in [-0.39, 0.29) is 18.1 Å². The third kappa shape index (κ3) is 22.0. The normalized spacial score (nSPS) is 12.1. The Labute approximate surface area is 202 Å². The third-order valence-electron chi connectivity index (χ3n) is 4.01. The fourth-order valence-corrected chi connectivity index (χ4v) is 2.79. The van der Waals surface area contributed by atoms with E-state index >= 15 is 0 Å². The third-order valence-corrected chi connectivity index (χ3v) is 4.38. The van der Waals surface area contributed by atoms with Crippen molar-refractivity contribution in [2.45, 2.75) is 88.5 Å². The highest BCUT2D eigenvalue weighted by atomic mass is 35.5. The molecule has 0 spiro atoms. The molecule has 0 aliphatic carbocycles. The molecule has 1 amide bonds. The second-order valence-electron chi connectivity index (χ2n) is 7.50. The van der Waals surface area contributed by atoms with Gasteiger partial charge in [0.1, 0.15) is 5.70 Å². The Morgan fingerprint density at radius 3 is 1.87 bits per heavy atom. The van der Waals surface area contributed by atoms with E-state index in [2.05, 4.69) is 46.0 Å². The molecule has 0 heterocycles. The van der Waals surface area contributed by atoms with E-state index < -0.39 is 0 Å². The van der Waals surface area contributed by atoms with Gasteiger partial charge in [-0.3, -0.25) is 4.79 Å². The lowest BCUT2D eigenvalue weighted by Gasteiger charge is -2.21. The van der Waals surface area contributed by atoms with Gasteiger partial charge < -0.3 is 10.3 Å². The van der Waals surface area contributed by atoms with E-state index in [1.807, 2.05) is 40.7 Å². The number of rotatable bonds is 7. The summed E-state index contributed by atoms with van der Waals surface area (Å²) in [5.74, 6) is 5.38. The van der Waals surface area contributed by atoms with Crippen LogP contribution in [-0.2, 0) is 4.79 Å². The molecule has 0 radical (unpaired) electrons. The van der Waals surface area contributed by atoms with Gasteiger partial charge in [-0.2, -0.15) is 3.89 Å². The zero-order valence-corrected chi connectivity index (χ0v) is 23.7. The summed E-state index contributed by atoms with van der Waals surface area (Å²) in [7, 11) is 1.61. The van der Waals surface area contributed by atoms with E-state index in [0.29, 0.717) is 29.1 Å². The second-order valence-corrected chi connectivity index (χ2v) is 8.27. The Bertz CT molecular complexity index is 539. The predicted octanol–water partition coefficient (Wildman–Crippen LogP) is 7.77. The maximum Gasteiger partial charge on any atom is 0.270 e. The lowest BCUT2D eigenvalue weighted by Crippen LogP contribution is -2.37. The number of hydrogen-bond donors (Lipinski definition) is 2. The van der Waals surface area contributed by atoms with Crippen molar-refractivity contribution in [1.82, 2.24) is 10.3 Å². The van der Waals surface area contributed by atoms with Crippen molar-refractivity contribution >= 4 is 29.7 Å².